The molecule has 1 aliphatic heterocycles. The van der Waals surface area contributed by atoms with Gasteiger partial charge in [-0.2, -0.15) is 0 Å². The molecule has 1 saturated heterocycles. The third-order valence-electron chi connectivity index (χ3n) is 4.02. The van der Waals surface area contributed by atoms with Crippen LogP contribution in [0.1, 0.15) is 24.8 Å². The van der Waals surface area contributed by atoms with Gasteiger partial charge >= 0.3 is 0 Å². The van der Waals surface area contributed by atoms with E-state index in [1.54, 1.807) is 6.33 Å². The fourth-order valence-electron chi connectivity index (χ4n) is 2.81. The average molecular weight is 355 g/mol. The van der Waals surface area contributed by atoms with E-state index in [0.29, 0.717) is 6.54 Å². The van der Waals surface area contributed by atoms with Gasteiger partial charge in [0.2, 0.25) is 0 Å². The molecule has 2 aromatic rings. The number of benzene rings is 1. The molecule has 0 radical (unpaired) electrons. The van der Waals surface area contributed by atoms with E-state index in [4.69, 9.17) is 5.73 Å². The Bertz CT molecular complexity index is 583. The van der Waals surface area contributed by atoms with Gasteiger partial charge in [0, 0.05) is 24.7 Å². The molecule has 23 heavy (non-hydrogen) atoms. The molecule has 0 unspecified atom stereocenters. The van der Waals surface area contributed by atoms with Crippen molar-refractivity contribution in [2.75, 3.05) is 24.5 Å². The van der Waals surface area contributed by atoms with Gasteiger partial charge in [-0.25, -0.2) is 9.97 Å². The molecule has 6 heteroatoms. The Hall–Kier alpha value is -1.36. The molecule has 1 aromatic heterocycles. The highest BCUT2D eigenvalue weighted by Gasteiger charge is 2.13. The summed E-state index contributed by atoms with van der Waals surface area (Å²) >= 11 is 0. The molecule has 0 spiro atoms. The van der Waals surface area contributed by atoms with Crippen LogP contribution in [0.3, 0.4) is 0 Å². The molecular weight excluding hydrogens is 331 g/mol. The van der Waals surface area contributed by atoms with Gasteiger partial charge in [-0.05, 0) is 37.8 Å². The summed E-state index contributed by atoms with van der Waals surface area (Å²) < 4.78 is 0. The molecule has 3 rings (SSSR count). The van der Waals surface area contributed by atoms with Gasteiger partial charge in [0.1, 0.15) is 12.1 Å². The van der Waals surface area contributed by atoms with E-state index in [-0.39, 0.29) is 24.8 Å². The van der Waals surface area contributed by atoms with Gasteiger partial charge in [0.15, 0.2) is 0 Å². The highest BCUT2D eigenvalue weighted by Crippen LogP contribution is 2.23. The first-order valence-corrected chi connectivity index (χ1v) is 7.73. The van der Waals surface area contributed by atoms with Crippen molar-refractivity contribution in [3.63, 3.8) is 0 Å². The minimum Gasteiger partial charge on any atom is -0.357 e. The van der Waals surface area contributed by atoms with Crippen LogP contribution in [0, 0.1) is 0 Å². The zero-order valence-corrected chi connectivity index (χ0v) is 14.8. The zero-order chi connectivity index (χ0) is 14.5. The van der Waals surface area contributed by atoms with E-state index in [2.05, 4.69) is 45.2 Å². The van der Waals surface area contributed by atoms with Gasteiger partial charge in [-0.3, -0.25) is 0 Å². The third-order valence-corrected chi connectivity index (χ3v) is 4.02. The molecule has 4 nitrogen and oxygen atoms in total. The lowest BCUT2D eigenvalue weighted by Gasteiger charge is -2.27. The Morgan fingerprint density at radius 3 is 2.30 bits per heavy atom. The molecule has 126 valence electrons. The van der Waals surface area contributed by atoms with E-state index in [9.17, 15) is 0 Å². The fourth-order valence-corrected chi connectivity index (χ4v) is 2.81. The second-order valence-electron chi connectivity index (χ2n) is 5.54. The number of piperidine rings is 1. The molecular formula is C17H24Cl2N4. The van der Waals surface area contributed by atoms with Gasteiger partial charge in [0.25, 0.3) is 0 Å². The number of nitrogens with zero attached hydrogens (tertiary/aromatic N) is 3. The van der Waals surface area contributed by atoms with Crippen LogP contribution in [-0.2, 0) is 6.42 Å². The number of hydrogen-bond acceptors (Lipinski definition) is 4. The van der Waals surface area contributed by atoms with Crippen molar-refractivity contribution in [2.45, 2.75) is 25.7 Å². The third kappa shape index (κ3) is 5.06. The maximum Gasteiger partial charge on any atom is 0.132 e. The van der Waals surface area contributed by atoms with Crippen molar-refractivity contribution in [2.24, 2.45) is 5.73 Å². The standard InChI is InChI=1S/C17H22N4.2ClH/c18-9-8-14-4-6-15(7-5-14)16-12-17(20-13-19-16)21-10-2-1-3-11-21;;/h4-7,12-13H,1-3,8-11,18H2;2*1H. The smallest absolute Gasteiger partial charge is 0.132 e. The van der Waals surface area contributed by atoms with Crippen molar-refractivity contribution in [1.29, 1.82) is 0 Å². The Morgan fingerprint density at radius 1 is 0.957 bits per heavy atom. The second-order valence-corrected chi connectivity index (χ2v) is 5.54. The number of halogens is 2. The Morgan fingerprint density at radius 2 is 1.65 bits per heavy atom. The minimum absolute atomic E-state index is 0. The number of anilines is 1. The van der Waals surface area contributed by atoms with Crippen LogP contribution < -0.4 is 10.6 Å². The zero-order valence-electron chi connectivity index (χ0n) is 13.1. The number of nitrogens with two attached hydrogens (primary N) is 1. The lowest BCUT2D eigenvalue weighted by molar-refractivity contribution is 0.573. The Balaban J connectivity index is 0.00000132. The van der Waals surface area contributed by atoms with Crippen LogP contribution in [0.4, 0.5) is 5.82 Å². The summed E-state index contributed by atoms with van der Waals surface area (Å²) in [5.74, 6) is 1.05. The van der Waals surface area contributed by atoms with Crippen molar-refractivity contribution in [3.05, 3.63) is 42.2 Å². The second kappa shape index (κ2) is 9.71. The number of hydrogen-bond donors (Lipinski definition) is 1. The fraction of sp³-hybridized carbons (Fsp3) is 0.412. The molecule has 1 aromatic carbocycles. The molecule has 0 amide bonds. The summed E-state index contributed by atoms with van der Waals surface area (Å²) in [6.45, 7) is 2.89. The first kappa shape index (κ1) is 19.7. The van der Waals surface area contributed by atoms with Crippen LogP contribution in [0.15, 0.2) is 36.7 Å². The average Bonchev–Trinajstić information content (AvgIpc) is 2.57. The number of rotatable bonds is 4. The van der Waals surface area contributed by atoms with Crippen molar-refractivity contribution >= 4 is 30.6 Å². The topological polar surface area (TPSA) is 55.0 Å². The largest absolute Gasteiger partial charge is 0.357 e. The molecule has 0 aliphatic carbocycles. The Labute approximate surface area is 150 Å². The summed E-state index contributed by atoms with van der Waals surface area (Å²) in [5, 5.41) is 0. The van der Waals surface area contributed by atoms with Crippen LogP contribution in [0.5, 0.6) is 0 Å². The highest BCUT2D eigenvalue weighted by atomic mass is 35.5. The van der Waals surface area contributed by atoms with Gasteiger partial charge in [0.05, 0.1) is 5.69 Å². The summed E-state index contributed by atoms with van der Waals surface area (Å²) in [5.41, 5.74) is 8.98. The highest BCUT2D eigenvalue weighted by molar-refractivity contribution is 5.85. The maximum atomic E-state index is 5.59. The molecule has 0 atom stereocenters. The van der Waals surface area contributed by atoms with Crippen LogP contribution in [0.2, 0.25) is 0 Å². The molecule has 1 aliphatic rings. The normalized spacial score (nSPS) is 13.9. The molecule has 2 heterocycles. The SMILES string of the molecule is Cl.Cl.NCCc1ccc(-c2cc(N3CCCCC3)ncn2)cc1. The van der Waals surface area contributed by atoms with Gasteiger partial charge in [-0.15, -0.1) is 24.8 Å². The van der Waals surface area contributed by atoms with Crippen molar-refractivity contribution in [1.82, 2.24) is 9.97 Å². The van der Waals surface area contributed by atoms with Crippen LogP contribution in [-0.4, -0.2) is 29.6 Å². The molecule has 0 bridgehead atoms. The lowest BCUT2D eigenvalue weighted by atomic mass is 10.1. The van der Waals surface area contributed by atoms with Gasteiger partial charge in [-0.1, -0.05) is 24.3 Å². The van der Waals surface area contributed by atoms with Crippen LogP contribution >= 0.6 is 24.8 Å². The monoisotopic (exact) mass is 354 g/mol. The maximum absolute atomic E-state index is 5.59. The Kier molecular flexibility index (Phi) is 8.31. The first-order chi connectivity index (χ1) is 10.4. The molecule has 0 saturated carbocycles. The minimum atomic E-state index is 0. The van der Waals surface area contributed by atoms with E-state index >= 15 is 0 Å². The summed E-state index contributed by atoms with van der Waals surface area (Å²) in [6, 6.07) is 10.6. The predicted molar refractivity (Wildman–Crippen MR) is 101 cm³/mol. The summed E-state index contributed by atoms with van der Waals surface area (Å²) in [4.78, 5) is 11.2. The molecule has 2 N–H and O–H groups in total. The van der Waals surface area contributed by atoms with E-state index in [1.807, 2.05) is 0 Å². The quantitative estimate of drug-likeness (QED) is 0.912. The van der Waals surface area contributed by atoms with Crippen molar-refractivity contribution < 1.29 is 0 Å². The number of aromatic nitrogens is 2. The van der Waals surface area contributed by atoms with Crippen molar-refractivity contribution in [3.8, 4) is 11.3 Å². The van der Waals surface area contributed by atoms with E-state index < -0.39 is 0 Å². The molecule has 1 fully saturated rings. The predicted octanol–water partition coefficient (Wildman–Crippen LogP) is 3.48. The van der Waals surface area contributed by atoms with Crippen LogP contribution in [0.25, 0.3) is 11.3 Å². The first-order valence-electron chi connectivity index (χ1n) is 7.73. The lowest BCUT2D eigenvalue weighted by Crippen LogP contribution is -2.30. The van der Waals surface area contributed by atoms with Gasteiger partial charge < -0.3 is 10.6 Å². The van der Waals surface area contributed by atoms with E-state index in [1.165, 1.54) is 24.8 Å². The summed E-state index contributed by atoms with van der Waals surface area (Å²) in [7, 11) is 0. The summed E-state index contributed by atoms with van der Waals surface area (Å²) in [6.07, 6.45) is 6.44. The van der Waals surface area contributed by atoms with E-state index in [0.717, 1.165) is 36.6 Å².